The predicted molar refractivity (Wildman–Crippen MR) is 117 cm³/mol. The molecule has 2 aromatic carbocycles. The molecule has 8 nitrogen and oxygen atoms in total. The van der Waals surface area contributed by atoms with Crippen molar-refractivity contribution in [3.8, 4) is 28.3 Å². The number of phenolic OH excluding ortho intramolecular Hbond substituents is 1. The van der Waals surface area contributed by atoms with Gasteiger partial charge in [-0.15, -0.1) is 0 Å². The number of hydrogen-bond donors (Lipinski definition) is 2. The summed E-state index contributed by atoms with van der Waals surface area (Å²) in [4.78, 5) is 16.7. The maximum Gasteiger partial charge on any atom is 0.259 e. The molecule has 0 bridgehead atoms. The lowest BCUT2D eigenvalue weighted by atomic mass is 10.1. The van der Waals surface area contributed by atoms with E-state index in [0.29, 0.717) is 17.0 Å². The van der Waals surface area contributed by atoms with Crippen LogP contribution in [-0.2, 0) is 7.05 Å². The summed E-state index contributed by atoms with van der Waals surface area (Å²) < 4.78 is 30.5. The summed E-state index contributed by atoms with van der Waals surface area (Å²) in [6.45, 7) is 0. The van der Waals surface area contributed by atoms with Gasteiger partial charge in [-0.1, -0.05) is 6.07 Å². The molecule has 10 heteroatoms. The number of hydrogen-bond acceptors (Lipinski definition) is 5. The molecule has 2 N–H and O–H groups in total. The van der Waals surface area contributed by atoms with E-state index in [2.05, 4.69) is 20.5 Å². The first-order valence-electron chi connectivity index (χ1n) is 9.84. The number of aromatic hydroxyl groups is 1. The van der Waals surface area contributed by atoms with Gasteiger partial charge in [0.05, 0.1) is 17.5 Å². The highest BCUT2D eigenvalue weighted by Crippen LogP contribution is 2.30. The van der Waals surface area contributed by atoms with Gasteiger partial charge in [-0.05, 0) is 48.5 Å². The molecule has 0 fully saturated rings. The van der Waals surface area contributed by atoms with Crippen LogP contribution >= 0.6 is 0 Å². The lowest BCUT2D eigenvalue weighted by Crippen LogP contribution is -2.13. The molecule has 0 radical (unpaired) electrons. The summed E-state index contributed by atoms with van der Waals surface area (Å²) in [5.41, 5.74) is 2.84. The van der Waals surface area contributed by atoms with Gasteiger partial charge in [-0.3, -0.25) is 9.48 Å². The van der Waals surface area contributed by atoms with Crippen molar-refractivity contribution < 1.29 is 18.7 Å². The van der Waals surface area contributed by atoms with Gasteiger partial charge in [0.1, 0.15) is 11.5 Å². The number of imidazole rings is 1. The van der Waals surface area contributed by atoms with Gasteiger partial charge in [-0.2, -0.15) is 10.2 Å². The molecule has 0 aliphatic carbocycles. The van der Waals surface area contributed by atoms with Crippen molar-refractivity contribution in [1.82, 2.24) is 24.4 Å². The second-order valence-electron chi connectivity index (χ2n) is 7.31. The van der Waals surface area contributed by atoms with Gasteiger partial charge < -0.3 is 10.4 Å². The highest BCUT2D eigenvalue weighted by atomic mass is 19.1. The third-order valence-electron chi connectivity index (χ3n) is 5.01. The fourth-order valence-electron chi connectivity index (χ4n) is 3.46. The van der Waals surface area contributed by atoms with E-state index in [-0.39, 0.29) is 17.2 Å². The Kier molecular flexibility index (Phi) is 4.82. The number of phenols is 1. The van der Waals surface area contributed by atoms with Crippen LogP contribution in [-0.4, -0.2) is 35.4 Å². The van der Waals surface area contributed by atoms with Crippen LogP contribution in [0.1, 0.15) is 10.4 Å². The largest absolute Gasteiger partial charge is 0.505 e. The van der Waals surface area contributed by atoms with Crippen molar-refractivity contribution in [1.29, 1.82) is 0 Å². The van der Waals surface area contributed by atoms with Crippen LogP contribution in [0, 0.1) is 11.6 Å². The van der Waals surface area contributed by atoms with Crippen LogP contribution in [0.5, 0.6) is 5.75 Å². The summed E-state index contributed by atoms with van der Waals surface area (Å²) in [7, 11) is 1.78. The monoisotopic (exact) mass is 446 g/mol. The van der Waals surface area contributed by atoms with Crippen molar-refractivity contribution in [2.45, 2.75) is 0 Å². The zero-order chi connectivity index (χ0) is 23.1. The molecule has 1 amide bonds. The number of nitrogens with one attached hydrogen (secondary N) is 1. The molecule has 3 aromatic heterocycles. The first-order valence-corrected chi connectivity index (χ1v) is 9.84. The van der Waals surface area contributed by atoms with Gasteiger partial charge in [0.15, 0.2) is 23.0 Å². The van der Waals surface area contributed by atoms with E-state index in [1.807, 2.05) is 0 Å². The van der Waals surface area contributed by atoms with E-state index in [1.165, 1.54) is 35.0 Å². The quantitative estimate of drug-likeness (QED) is 0.434. The Labute approximate surface area is 185 Å². The van der Waals surface area contributed by atoms with Crippen LogP contribution in [0.3, 0.4) is 0 Å². The van der Waals surface area contributed by atoms with Crippen LogP contribution in [0.25, 0.3) is 28.2 Å². The number of aryl methyl sites for hydroxylation is 1. The second-order valence-corrected chi connectivity index (χ2v) is 7.31. The highest BCUT2D eigenvalue weighted by Gasteiger charge is 2.18. The van der Waals surface area contributed by atoms with E-state index in [9.17, 15) is 18.7 Å². The van der Waals surface area contributed by atoms with Crippen LogP contribution in [0.4, 0.5) is 14.6 Å². The summed E-state index contributed by atoms with van der Waals surface area (Å²) in [6.07, 6.45) is 3.29. The molecule has 3 heterocycles. The number of rotatable bonds is 4. The maximum absolute atomic E-state index is 14.0. The molecule has 33 heavy (non-hydrogen) atoms. The van der Waals surface area contributed by atoms with Crippen molar-refractivity contribution in [2.75, 3.05) is 5.32 Å². The molecule has 0 aliphatic heterocycles. The van der Waals surface area contributed by atoms with Gasteiger partial charge in [-0.25, -0.2) is 18.3 Å². The Hall–Kier alpha value is -4.60. The average Bonchev–Trinajstić information content (AvgIpc) is 3.38. The Balaban J connectivity index is 1.48. The first-order chi connectivity index (χ1) is 15.9. The Morgan fingerprint density at radius 3 is 2.58 bits per heavy atom. The number of anilines is 1. The molecular formula is C23H16F2N6O2. The average molecular weight is 446 g/mol. The fourth-order valence-corrected chi connectivity index (χ4v) is 3.46. The summed E-state index contributed by atoms with van der Waals surface area (Å²) >= 11 is 0. The zero-order valence-electron chi connectivity index (χ0n) is 17.2. The molecule has 0 spiro atoms. The SMILES string of the molecule is Cn1cc(-c2ccc3nc(NC(=O)c4cccc(O)c4F)cn3n2)c(-c2ccc(F)cc2)n1. The number of fused-ring (bicyclic) bond motifs is 1. The lowest BCUT2D eigenvalue weighted by molar-refractivity contribution is 0.102. The Morgan fingerprint density at radius 2 is 1.79 bits per heavy atom. The van der Waals surface area contributed by atoms with Crippen molar-refractivity contribution in [3.63, 3.8) is 0 Å². The normalized spacial score (nSPS) is 11.1. The van der Waals surface area contributed by atoms with Gasteiger partial charge in [0, 0.05) is 24.4 Å². The smallest absolute Gasteiger partial charge is 0.259 e. The molecule has 0 atom stereocenters. The van der Waals surface area contributed by atoms with Crippen molar-refractivity contribution in [2.24, 2.45) is 7.05 Å². The van der Waals surface area contributed by atoms with E-state index in [1.54, 1.807) is 42.2 Å². The van der Waals surface area contributed by atoms with Crippen molar-refractivity contribution in [3.05, 3.63) is 84.2 Å². The molecule has 0 unspecified atom stereocenters. The molecule has 0 saturated carbocycles. The fraction of sp³-hybridized carbons (Fsp3) is 0.0435. The third kappa shape index (κ3) is 3.78. The molecule has 0 saturated heterocycles. The minimum Gasteiger partial charge on any atom is -0.505 e. The number of amides is 1. The first kappa shape index (κ1) is 20.3. The Morgan fingerprint density at radius 1 is 1.00 bits per heavy atom. The molecule has 5 rings (SSSR count). The zero-order valence-corrected chi connectivity index (χ0v) is 17.2. The van der Waals surface area contributed by atoms with Gasteiger partial charge in [0.25, 0.3) is 5.91 Å². The summed E-state index contributed by atoms with van der Waals surface area (Å²) in [5, 5.41) is 21.0. The molecular weight excluding hydrogens is 430 g/mol. The topological polar surface area (TPSA) is 97.3 Å². The van der Waals surface area contributed by atoms with E-state index in [4.69, 9.17) is 0 Å². The Bertz CT molecular complexity index is 1510. The van der Waals surface area contributed by atoms with Gasteiger partial charge in [0.2, 0.25) is 0 Å². The summed E-state index contributed by atoms with van der Waals surface area (Å²) in [6, 6.07) is 13.3. The number of halogens is 2. The number of nitrogens with zero attached hydrogens (tertiary/aromatic N) is 5. The van der Waals surface area contributed by atoms with E-state index in [0.717, 1.165) is 17.2 Å². The van der Waals surface area contributed by atoms with Crippen LogP contribution in [0.2, 0.25) is 0 Å². The predicted octanol–water partition coefficient (Wildman–Crippen LogP) is 4.03. The second kappa shape index (κ2) is 7.83. The highest BCUT2D eigenvalue weighted by molar-refractivity contribution is 6.04. The standard InChI is InChI=1S/C23H16F2N6O2/c1-30-11-16(22(29-30)13-5-7-14(24)8-6-13)17-9-10-20-26-19(12-31(20)28-17)27-23(33)15-3-2-4-18(32)21(15)25/h2-12,32H,1H3,(H,27,33). The molecule has 0 aliphatic rings. The number of carbonyl (C=O) groups is 1. The van der Waals surface area contributed by atoms with E-state index >= 15 is 0 Å². The van der Waals surface area contributed by atoms with E-state index < -0.39 is 17.5 Å². The number of benzene rings is 2. The van der Waals surface area contributed by atoms with Crippen molar-refractivity contribution >= 4 is 17.4 Å². The van der Waals surface area contributed by atoms with Crippen LogP contribution < -0.4 is 5.32 Å². The molecule has 5 aromatic rings. The molecule has 164 valence electrons. The minimum atomic E-state index is -1.01. The number of carbonyl (C=O) groups excluding carboxylic acids is 1. The van der Waals surface area contributed by atoms with Crippen LogP contribution in [0.15, 0.2) is 67.0 Å². The third-order valence-corrected chi connectivity index (χ3v) is 5.01. The lowest BCUT2D eigenvalue weighted by Gasteiger charge is -2.04. The maximum atomic E-state index is 14.0. The summed E-state index contributed by atoms with van der Waals surface area (Å²) in [5.74, 6) is -2.55. The van der Waals surface area contributed by atoms with Gasteiger partial charge >= 0.3 is 0 Å². The minimum absolute atomic E-state index is 0.164. The number of aromatic nitrogens is 5.